The first-order valence-electron chi connectivity index (χ1n) is 11.9. The van der Waals surface area contributed by atoms with Gasteiger partial charge in [0, 0.05) is 11.4 Å². The van der Waals surface area contributed by atoms with Crippen LogP contribution < -0.4 is 5.32 Å². The fraction of sp³-hybridized carbons (Fsp3) is 0.188. The Kier molecular flexibility index (Phi) is 7.76. The van der Waals surface area contributed by atoms with E-state index in [4.69, 9.17) is 0 Å². The predicted molar refractivity (Wildman–Crippen MR) is 144 cm³/mol. The molecule has 0 unspecified atom stereocenters. The average Bonchev–Trinajstić information content (AvgIpc) is 2.88. The van der Waals surface area contributed by atoms with E-state index >= 15 is 0 Å². The minimum absolute atomic E-state index is 1.05. The summed E-state index contributed by atoms with van der Waals surface area (Å²) in [4.78, 5) is 0. The van der Waals surface area contributed by atoms with Crippen molar-refractivity contribution in [1.29, 1.82) is 0 Å². The molecular formula is C32H33N. The Bertz CT molecular complexity index is 1130. The van der Waals surface area contributed by atoms with Crippen LogP contribution in [0.5, 0.6) is 0 Å². The zero-order valence-electron chi connectivity index (χ0n) is 19.4. The molecule has 33 heavy (non-hydrogen) atoms. The molecule has 1 aliphatic carbocycles. The van der Waals surface area contributed by atoms with Crippen LogP contribution >= 0.6 is 0 Å². The third-order valence-electron chi connectivity index (χ3n) is 6.38. The Hall–Kier alpha value is -3.58. The molecule has 1 heteroatoms. The summed E-state index contributed by atoms with van der Waals surface area (Å²) >= 11 is 0. The van der Waals surface area contributed by atoms with E-state index in [1.54, 1.807) is 0 Å². The number of nitrogens with one attached hydrogen (secondary N) is 1. The Morgan fingerprint density at radius 1 is 0.576 bits per heavy atom. The van der Waals surface area contributed by atoms with Crippen LogP contribution in [0.1, 0.15) is 41.5 Å². The number of allylic oxidation sites excluding steroid dienone is 5. The van der Waals surface area contributed by atoms with Crippen LogP contribution in [0.2, 0.25) is 0 Å². The average molecular weight is 432 g/mol. The number of aryl methyl sites for hydroxylation is 3. The third kappa shape index (κ3) is 6.70. The van der Waals surface area contributed by atoms with Crippen LogP contribution in [0.3, 0.4) is 0 Å². The first-order chi connectivity index (χ1) is 16.2. The maximum atomic E-state index is 3.86. The van der Waals surface area contributed by atoms with E-state index in [1.165, 1.54) is 33.4 Å². The van der Waals surface area contributed by atoms with Crippen molar-refractivity contribution < 1.29 is 0 Å². The highest BCUT2D eigenvalue weighted by Crippen LogP contribution is 2.24. The highest BCUT2D eigenvalue weighted by molar-refractivity contribution is 5.60. The van der Waals surface area contributed by atoms with E-state index in [1.807, 2.05) is 12.2 Å². The molecule has 0 heterocycles. The van der Waals surface area contributed by atoms with Crippen LogP contribution in [0.25, 0.3) is 6.08 Å². The van der Waals surface area contributed by atoms with Gasteiger partial charge >= 0.3 is 0 Å². The second kappa shape index (κ2) is 11.3. The third-order valence-corrected chi connectivity index (χ3v) is 6.38. The summed E-state index contributed by atoms with van der Waals surface area (Å²) < 4.78 is 0. The lowest BCUT2D eigenvalue weighted by molar-refractivity contribution is 0.826. The number of rotatable bonds is 10. The van der Waals surface area contributed by atoms with Crippen LogP contribution in [0.4, 0.5) is 11.4 Å². The summed E-state index contributed by atoms with van der Waals surface area (Å²) in [6, 6.07) is 26.3. The summed E-state index contributed by atoms with van der Waals surface area (Å²) in [6.07, 6.45) is 14.9. The molecule has 0 radical (unpaired) electrons. The largest absolute Gasteiger partial charge is 0.356 e. The van der Waals surface area contributed by atoms with Gasteiger partial charge in [-0.3, -0.25) is 0 Å². The zero-order chi connectivity index (χ0) is 22.9. The van der Waals surface area contributed by atoms with Crippen molar-refractivity contribution in [2.75, 3.05) is 5.32 Å². The van der Waals surface area contributed by atoms with Crippen molar-refractivity contribution >= 4 is 17.5 Å². The lowest BCUT2D eigenvalue weighted by Gasteiger charge is -2.13. The SMILES string of the molecule is C=CC1=CC=C(CCc2ccc(Nc3ccc(CCc4ccc(C=C)cc4)cc3)cc2)CC1. The molecule has 0 atom stereocenters. The molecule has 166 valence electrons. The summed E-state index contributed by atoms with van der Waals surface area (Å²) in [5, 5.41) is 3.52. The lowest BCUT2D eigenvalue weighted by atomic mass is 9.94. The zero-order valence-corrected chi connectivity index (χ0v) is 19.4. The van der Waals surface area contributed by atoms with E-state index in [9.17, 15) is 0 Å². The van der Waals surface area contributed by atoms with Crippen LogP contribution in [-0.2, 0) is 19.3 Å². The molecular weight excluding hydrogens is 398 g/mol. The number of anilines is 2. The molecule has 0 bridgehead atoms. The van der Waals surface area contributed by atoms with Crippen molar-refractivity contribution in [1.82, 2.24) is 0 Å². The van der Waals surface area contributed by atoms with Gasteiger partial charge in [0.05, 0.1) is 0 Å². The molecule has 3 aromatic carbocycles. The summed E-state index contributed by atoms with van der Waals surface area (Å²) in [5.41, 5.74) is 10.4. The molecule has 0 saturated carbocycles. The van der Waals surface area contributed by atoms with Gasteiger partial charge in [0.15, 0.2) is 0 Å². The maximum Gasteiger partial charge on any atom is 0.0384 e. The smallest absolute Gasteiger partial charge is 0.0384 e. The van der Waals surface area contributed by atoms with Gasteiger partial charge in [-0.15, -0.1) is 0 Å². The normalized spacial score (nSPS) is 13.1. The van der Waals surface area contributed by atoms with Crippen LogP contribution in [0.15, 0.2) is 115 Å². The van der Waals surface area contributed by atoms with Crippen molar-refractivity contribution in [3.63, 3.8) is 0 Å². The van der Waals surface area contributed by atoms with Crippen molar-refractivity contribution in [3.05, 3.63) is 138 Å². The van der Waals surface area contributed by atoms with E-state index in [2.05, 4.69) is 103 Å². The molecule has 4 rings (SSSR count). The van der Waals surface area contributed by atoms with Gasteiger partial charge in [0.2, 0.25) is 0 Å². The number of benzene rings is 3. The molecule has 0 saturated heterocycles. The lowest BCUT2D eigenvalue weighted by Crippen LogP contribution is -1.96. The molecule has 0 spiro atoms. The number of hydrogen-bond donors (Lipinski definition) is 1. The Morgan fingerprint density at radius 3 is 1.55 bits per heavy atom. The fourth-order valence-corrected chi connectivity index (χ4v) is 4.17. The van der Waals surface area contributed by atoms with E-state index in [0.717, 1.165) is 49.9 Å². The molecule has 3 aromatic rings. The van der Waals surface area contributed by atoms with E-state index in [-0.39, 0.29) is 0 Å². The summed E-state index contributed by atoms with van der Waals surface area (Å²) in [7, 11) is 0. The van der Waals surface area contributed by atoms with Gasteiger partial charge < -0.3 is 5.32 Å². The van der Waals surface area contributed by atoms with Crippen molar-refractivity contribution in [3.8, 4) is 0 Å². The van der Waals surface area contributed by atoms with Gasteiger partial charge in [0.25, 0.3) is 0 Å². The summed E-state index contributed by atoms with van der Waals surface area (Å²) in [6.45, 7) is 7.68. The molecule has 1 N–H and O–H groups in total. The minimum Gasteiger partial charge on any atom is -0.356 e. The van der Waals surface area contributed by atoms with Gasteiger partial charge in [-0.2, -0.15) is 0 Å². The Morgan fingerprint density at radius 2 is 1.09 bits per heavy atom. The van der Waals surface area contributed by atoms with Crippen LogP contribution in [-0.4, -0.2) is 0 Å². The minimum atomic E-state index is 1.05. The predicted octanol–water partition coefficient (Wildman–Crippen LogP) is 8.62. The second-order valence-electron chi connectivity index (χ2n) is 8.74. The van der Waals surface area contributed by atoms with Gasteiger partial charge in [0.1, 0.15) is 0 Å². The Labute approximate surface area is 198 Å². The highest BCUT2D eigenvalue weighted by atomic mass is 14.9. The summed E-state index contributed by atoms with van der Waals surface area (Å²) in [5.74, 6) is 0. The van der Waals surface area contributed by atoms with Crippen molar-refractivity contribution in [2.24, 2.45) is 0 Å². The monoisotopic (exact) mass is 431 g/mol. The standard InChI is InChI=1S/C32H33N/c1-3-25-5-9-27(10-6-25)13-15-29-17-21-31(22-18-29)33-32-23-19-30(20-24-32)16-14-28-11-7-26(4-2)8-12-28/h3-7,9-11,17-24,33H,1-2,8,12-16H2. The maximum absolute atomic E-state index is 3.86. The van der Waals surface area contributed by atoms with Crippen LogP contribution in [0, 0.1) is 0 Å². The highest BCUT2D eigenvalue weighted by Gasteiger charge is 2.05. The second-order valence-corrected chi connectivity index (χ2v) is 8.74. The van der Waals surface area contributed by atoms with E-state index < -0.39 is 0 Å². The molecule has 0 amide bonds. The van der Waals surface area contributed by atoms with Gasteiger partial charge in [-0.05, 0) is 90.6 Å². The molecule has 0 fully saturated rings. The van der Waals surface area contributed by atoms with Gasteiger partial charge in [-0.1, -0.05) is 91.6 Å². The molecule has 0 aromatic heterocycles. The molecule has 1 aliphatic rings. The topological polar surface area (TPSA) is 12.0 Å². The Balaban J connectivity index is 1.25. The number of hydrogen-bond acceptors (Lipinski definition) is 1. The van der Waals surface area contributed by atoms with Gasteiger partial charge in [-0.25, -0.2) is 0 Å². The molecule has 1 nitrogen and oxygen atoms in total. The molecule has 0 aliphatic heterocycles. The van der Waals surface area contributed by atoms with Crippen molar-refractivity contribution in [2.45, 2.75) is 38.5 Å². The van der Waals surface area contributed by atoms with E-state index in [0.29, 0.717) is 0 Å². The quantitative estimate of drug-likeness (QED) is 0.339. The first kappa shape index (κ1) is 22.6. The fourth-order valence-electron chi connectivity index (χ4n) is 4.17. The first-order valence-corrected chi connectivity index (χ1v) is 11.9.